The average molecular weight is 359 g/mol. The summed E-state index contributed by atoms with van der Waals surface area (Å²) in [5, 5.41) is 2.99. The lowest BCUT2D eigenvalue weighted by molar-refractivity contribution is 0.0602. The molecule has 0 saturated carbocycles. The number of amides is 1. The molecular formula is C15H10Cl3NO3. The fourth-order valence-electron chi connectivity index (χ4n) is 1.80. The summed E-state index contributed by atoms with van der Waals surface area (Å²) < 4.78 is 4.67. The second kappa shape index (κ2) is 7.01. The van der Waals surface area contributed by atoms with Gasteiger partial charge in [0.15, 0.2) is 0 Å². The lowest BCUT2D eigenvalue weighted by Gasteiger charge is -2.12. The minimum Gasteiger partial charge on any atom is -0.465 e. The van der Waals surface area contributed by atoms with Crippen molar-refractivity contribution >= 4 is 52.4 Å². The van der Waals surface area contributed by atoms with Crippen LogP contribution in [0.4, 0.5) is 5.69 Å². The molecule has 7 heteroatoms. The van der Waals surface area contributed by atoms with E-state index in [0.29, 0.717) is 0 Å². The maximum atomic E-state index is 12.4. The highest BCUT2D eigenvalue weighted by Gasteiger charge is 2.20. The van der Waals surface area contributed by atoms with E-state index in [1.807, 2.05) is 0 Å². The number of nitrogens with one attached hydrogen (secondary N) is 1. The Labute approximate surface area is 141 Å². The molecule has 2 aromatic rings. The molecule has 0 aliphatic heterocycles. The van der Waals surface area contributed by atoms with Crippen LogP contribution in [-0.4, -0.2) is 19.0 Å². The van der Waals surface area contributed by atoms with E-state index in [2.05, 4.69) is 10.1 Å². The number of halogens is 3. The number of para-hydroxylation sites is 1. The Morgan fingerprint density at radius 2 is 1.64 bits per heavy atom. The zero-order valence-electron chi connectivity index (χ0n) is 11.3. The standard InChI is InChI=1S/C15H10Cl3NO3/c1-22-15(21)8-4-2-3-5-11(8)19-14(20)12-9(16)6-7-10(17)13(12)18/h2-7H,1H3,(H,19,20). The van der Waals surface area contributed by atoms with Crippen LogP contribution in [0.5, 0.6) is 0 Å². The summed E-state index contributed by atoms with van der Waals surface area (Å²) in [5.41, 5.74) is 0.537. The maximum Gasteiger partial charge on any atom is 0.339 e. The third-order valence-electron chi connectivity index (χ3n) is 2.85. The minimum absolute atomic E-state index is 0.0375. The van der Waals surface area contributed by atoms with Gasteiger partial charge >= 0.3 is 5.97 Å². The van der Waals surface area contributed by atoms with Gasteiger partial charge in [-0.05, 0) is 24.3 Å². The van der Waals surface area contributed by atoms with E-state index in [1.54, 1.807) is 18.2 Å². The van der Waals surface area contributed by atoms with Gasteiger partial charge in [0.2, 0.25) is 0 Å². The molecule has 0 aliphatic carbocycles. The Morgan fingerprint density at radius 3 is 2.32 bits per heavy atom. The average Bonchev–Trinajstić information content (AvgIpc) is 2.51. The SMILES string of the molecule is COC(=O)c1ccccc1NC(=O)c1c(Cl)ccc(Cl)c1Cl. The maximum absolute atomic E-state index is 12.4. The topological polar surface area (TPSA) is 55.4 Å². The van der Waals surface area contributed by atoms with Crippen LogP contribution in [0, 0.1) is 0 Å². The molecule has 2 rings (SSSR count). The summed E-state index contributed by atoms with van der Waals surface area (Å²) in [7, 11) is 1.26. The summed E-state index contributed by atoms with van der Waals surface area (Å²) in [6.07, 6.45) is 0. The van der Waals surface area contributed by atoms with Crippen LogP contribution < -0.4 is 5.32 Å². The molecule has 0 unspecified atom stereocenters. The number of rotatable bonds is 3. The molecule has 22 heavy (non-hydrogen) atoms. The van der Waals surface area contributed by atoms with Gasteiger partial charge in [-0.1, -0.05) is 46.9 Å². The Bertz CT molecular complexity index is 747. The molecule has 0 aromatic heterocycles. The molecule has 0 heterocycles. The fourth-order valence-corrected chi connectivity index (χ4v) is 2.50. The number of esters is 1. The van der Waals surface area contributed by atoms with Gasteiger partial charge in [0.05, 0.1) is 39.0 Å². The van der Waals surface area contributed by atoms with Crippen LogP contribution >= 0.6 is 34.8 Å². The monoisotopic (exact) mass is 357 g/mol. The van der Waals surface area contributed by atoms with Gasteiger partial charge in [0.25, 0.3) is 5.91 Å². The summed E-state index contributed by atoms with van der Waals surface area (Å²) >= 11 is 17.9. The van der Waals surface area contributed by atoms with Crippen LogP contribution in [0.1, 0.15) is 20.7 Å². The number of benzene rings is 2. The smallest absolute Gasteiger partial charge is 0.339 e. The number of carbonyl (C=O) groups excluding carboxylic acids is 2. The number of ether oxygens (including phenoxy) is 1. The zero-order valence-corrected chi connectivity index (χ0v) is 13.6. The number of hydrogen-bond acceptors (Lipinski definition) is 3. The molecule has 1 N–H and O–H groups in total. The van der Waals surface area contributed by atoms with E-state index in [-0.39, 0.29) is 31.9 Å². The van der Waals surface area contributed by atoms with E-state index in [1.165, 1.54) is 25.3 Å². The number of hydrogen-bond donors (Lipinski definition) is 1. The molecule has 2 aromatic carbocycles. The van der Waals surface area contributed by atoms with E-state index in [0.717, 1.165) is 0 Å². The first kappa shape index (κ1) is 16.6. The predicted molar refractivity (Wildman–Crippen MR) is 87.2 cm³/mol. The Morgan fingerprint density at radius 1 is 1.00 bits per heavy atom. The van der Waals surface area contributed by atoms with Crippen LogP contribution in [0.2, 0.25) is 15.1 Å². The van der Waals surface area contributed by atoms with Crippen molar-refractivity contribution < 1.29 is 14.3 Å². The molecule has 0 fully saturated rings. The van der Waals surface area contributed by atoms with Gasteiger partial charge in [-0.3, -0.25) is 4.79 Å². The largest absolute Gasteiger partial charge is 0.465 e. The second-order valence-corrected chi connectivity index (χ2v) is 5.40. The molecule has 0 spiro atoms. The van der Waals surface area contributed by atoms with Gasteiger partial charge in [-0.15, -0.1) is 0 Å². The van der Waals surface area contributed by atoms with Gasteiger partial charge in [0, 0.05) is 0 Å². The molecule has 114 valence electrons. The molecule has 0 atom stereocenters. The quantitative estimate of drug-likeness (QED) is 0.640. The van der Waals surface area contributed by atoms with Crippen molar-refractivity contribution in [3.05, 3.63) is 62.6 Å². The third-order valence-corrected chi connectivity index (χ3v) is 3.97. The van der Waals surface area contributed by atoms with E-state index in [4.69, 9.17) is 34.8 Å². The van der Waals surface area contributed by atoms with E-state index < -0.39 is 11.9 Å². The first-order chi connectivity index (χ1) is 10.5. The van der Waals surface area contributed by atoms with Crippen molar-refractivity contribution in [1.29, 1.82) is 0 Å². The Hall–Kier alpha value is -1.75. The van der Waals surface area contributed by atoms with Crippen molar-refractivity contribution in [1.82, 2.24) is 0 Å². The molecule has 1 amide bonds. The predicted octanol–water partition coefficient (Wildman–Crippen LogP) is 4.69. The summed E-state index contributed by atoms with van der Waals surface area (Å²) in [4.78, 5) is 24.1. The van der Waals surface area contributed by atoms with Gasteiger partial charge < -0.3 is 10.1 Å². The van der Waals surface area contributed by atoms with Crippen LogP contribution in [-0.2, 0) is 4.74 Å². The first-order valence-electron chi connectivity index (χ1n) is 6.08. The Kier molecular flexibility index (Phi) is 5.29. The highest BCUT2D eigenvalue weighted by atomic mass is 35.5. The summed E-state index contributed by atoms with van der Waals surface area (Å²) in [5.74, 6) is -1.15. The zero-order chi connectivity index (χ0) is 16.3. The number of anilines is 1. The van der Waals surface area contributed by atoms with Crippen molar-refractivity contribution in [2.75, 3.05) is 12.4 Å². The van der Waals surface area contributed by atoms with E-state index in [9.17, 15) is 9.59 Å². The number of carbonyl (C=O) groups is 2. The van der Waals surface area contributed by atoms with Crippen LogP contribution in [0.3, 0.4) is 0 Å². The lowest BCUT2D eigenvalue weighted by atomic mass is 10.1. The van der Waals surface area contributed by atoms with Crippen molar-refractivity contribution in [3.63, 3.8) is 0 Å². The van der Waals surface area contributed by atoms with Crippen molar-refractivity contribution in [2.45, 2.75) is 0 Å². The molecule has 4 nitrogen and oxygen atoms in total. The number of methoxy groups -OCH3 is 1. The first-order valence-corrected chi connectivity index (χ1v) is 7.21. The van der Waals surface area contributed by atoms with Gasteiger partial charge in [0.1, 0.15) is 0 Å². The lowest BCUT2D eigenvalue weighted by Crippen LogP contribution is -2.16. The summed E-state index contributed by atoms with van der Waals surface area (Å²) in [6, 6.07) is 9.38. The van der Waals surface area contributed by atoms with Crippen LogP contribution in [0.15, 0.2) is 36.4 Å². The highest BCUT2D eigenvalue weighted by Crippen LogP contribution is 2.32. The van der Waals surface area contributed by atoms with Crippen LogP contribution in [0.25, 0.3) is 0 Å². The van der Waals surface area contributed by atoms with Crippen molar-refractivity contribution in [3.8, 4) is 0 Å². The molecule has 0 saturated heterocycles. The van der Waals surface area contributed by atoms with Crippen molar-refractivity contribution in [2.24, 2.45) is 0 Å². The third kappa shape index (κ3) is 3.35. The molecule has 0 bridgehead atoms. The van der Waals surface area contributed by atoms with Gasteiger partial charge in [-0.2, -0.15) is 0 Å². The van der Waals surface area contributed by atoms with Gasteiger partial charge in [-0.25, -0.2) is 4.79 Å². The Balaban J connectivity index is 2.39. The second-order valence-electron chi connectivity index (χ2n) is 4.21. The van der Waals surface area contributed by atoms with E-state index >= 15 is 0 Å². The minimum atomic E-state index is -0.575. The molecule has 0 aliphatic rings. The highest BCUT2D eigenvalue weighted by molar-refractivity contribution is 6.46. The molecular weight excluding hydrogens is 349 g/mol. The fraction of sp³-hybridized carbons (Fsp3) is 0.0667. The summed E-state index contributed by atoms with van der Waals surface area (Å²) in [6.45, 7) is 0. The molecule has 0 radical (unpaired) electrons. The normalized spacial score (nSPS) is 10.2.